The SMILES string of the molecule is Cc1ccc(CN2CCC[C@@H]3CN(C(=O)c4ccco4)C[C@@H]32)o1.O=C(O)C(F)(F)F. The van der Waals surface area contributed by atoms with E-state index in [0.29, 0.717) is 17.7 Å². The van der Waals surface area contributed by atoms with Crippen molar-refractivity contribution in [1.29, 1.82) is 0 Å². The number of carbonyl (C=O) groups is 2. The number of piperidine rings is 1. The summed E-state index contributed by atoms with van der Waals surface area (Å²) in [6.45, 7) is 5.49. The van der Waals surface area contributed by atoms with Crippen molar-refractivity contribution in [2.75, 3.05) is 19.6 Å². The van der Waals surface area contributed by atoms with Gasteiger partial charge in [0.25, 0.3) is 5.91 Å². The van der Waals surface area contributed by atoms with Crippen molar-refractivity contribution in [1.82, 2.24) is 9.80 Å². The van der Waals surface area contributed by atoms with E-state index in [0.717, 1.165) is 37.7 Å². The number of likely N-dealkylation sites (tertiary alicyclic amines) is 2. The number of aliphatic carboxylic acids is 1. The van der Waals surface area contributed by atoms with Gasteiger partial charge in [-0.2, -0.15) is 13.2 Å². The number of carboxylic acids is 1. The number of carboxylic acid groups (broad SMARTS) is 1. The summed E-state index contributed by atoms with van der Waals surface area (Å²) in [4.78, 5) is 25.8. The summed E-state index contributed by atoms with van der Waals surface area (Å²) in [6.07, 6.45) is -1.15. The summed E-state index contributed by atoms with van der Waals surface area (Å²) in [5.74, 6) is 0.217. The molecule has 2 aliphatic heterocycles. The van der Waals surface area contributed by atoms with Crippen LogP contribution in [0.3, 0.4) is 0 Å². The van der Waals surface area contributed by atoms with E-state index in [9.17, 15) is 18.0 Å². The predicted molar refractivity (Wildman–Crippen MR) is 98.7 cm³/mol. The molecule has 0 bridgehead atoms. The molecule has 2 aromatic heterocycles. The minimum absolute atomic E-state index is 0.0122. The van der Waals surface area contributed by atoms with Crippen LogP contribution in [-0.2, 0) is 11.3 Å². The summed E-state index contributed by atoms with van der Waals surface area (Å²) in [6, 6.07) is 8.00. The van der Waals surface area contributed by atoms with Crippen LogP contribution in [0.25, 0.3) is 0 Å². The third kappa shape index (κ3) is 5.24. The van der Waals surface area contributed by atoms with E-state index in [1.54, 1.807) is 18.4 Å². The normalized spacial score (nSPS) is 21.7. The van der Waals surface area contributed by atoms with E-state index in [2.05, 4.69) is 11.0 Å². The molecule has 0 radical (unpaired) electrons. The minimum Gasteiger partial charge on any atom is -0.475 e. The Kier molecular flexibility index (Phi) is 6.55. The molecule has 30 heavy (non-hydrogen) atoms. The van der Waals surface area contributed by atoms with Crippen molar-refractivity contribution < 1.29 is 36.7 Å². The Labute approximate surface area is 171 Å². The van der Waals surface area contributed by atoms with Gasteiger partial charge < -0.3 is 18.8 Å². The van der Waals surface area contributed by atoms with Gasteiger partial charge in [-0.25, -0.2) is 4.79 Å². The molecule has 0 spiro atoms. The van der Waals surface area contributed by atoms with Crippen LogP contribution in [0.2, 0.25) is 0 Å². The number of hydrogen-bond acceptors (Lipinski definition) is 5. The van der Waals surface area contributed by atoms with Crippen molar-refractivity contribution >= 4 is 11.9 Å². The number of carbonyl (C=O) groups excluding carboxylic acids is 1. The largest absolute Gasteiger partial charge is 0.490 e. The van der Waals surface area contributed by atoms with Gasteiger partial charge in [0, 0.05) is 19.1 Å². The van der Waals surface area contributed by atoms with Crippen LogP contribution in [0.15, 0.2) is 39.4 Å². The summed E-state index contributed by atoms with van der Waals surface area (Å²) in [5.41, 5.74) is 0. The molecule has 4 rings (SSSR count). The van der Waals surface area contributed by atoms with Gasteiger partial charge in [-0.3, -0.25) is 9.69 Å². The number of nitrogens with zero attached hydrogens (tertiary/aromatic N) is 2. The summed E-state index contributed by atoms with van der Waals surface area (Å²) < 4.78 is 42.7. The summed E-state index contributed by atoms with van der Waals surface area (Å²) in [5, 5.41) is 7.12. The lowest BCUT2D eigenvalue weighted by Crippen LogP contribution is -2.44. The highest BCUT2D eigenvalue weighted by atomic mass is 19.4. The topological polar surface area (TPSA) is 87.1 Å². The Morgan fingerprint density at radius 1 is 1.23 bits per heavy atom. The Hall–Kier alpha value is -2.75. The lowest BCUT2D eigenvalue weighted by atomic mass is 9.92. The summed E-state index contributed by atoms with van der Waals surface area (Å²) >= 11 is 0. The van der Waals surface area contributed by atoms with Crippen LogP contribution < -0.4 is 0 Å². The lowest BCUT2D eigenvalue weighted by molar-refractivity contribution is -0.192. The number of hydrogen-bond donors (Lipinski definition) is 1. The van der Waals surface area contributed by atoms with E-state index in [4.69, 9.17) is 18.7 Å². The van der Waals surface area contributed by atoms with Gasteiger partial charge in [-0.15, -0.1) is 0 Å². The standard InChI is InChI=1S/C18H22N2O3.C2HF3O2/c1-13-6-7-15(23-13)11-19-8-2-4-14-10-20(12-16(14)19)18(21)17-5-3-9-22-17;3-2(4,5)1(6)7/h3,5-7,9,14,16H,2,4,8,10-12H2,1H3;(H,6,7)/t14-,16+;/m1./s1. The van der Waals surface area contributed by atoms with Gasteiger partial charge in [-0.1, -0.05) is 0 Å². The predicted octanol–water partition coefficient (Wildman–Crippen LogP) is 3.55. The van der Waals surface area contributed by atoms with Gasteiger partial charge in [0.05, 0.1) is 12.8 Å². The van der Waals surface area contributed by atoms with Gasteiger partial charge in [-0.05, 0) is 56.5 Å². The molecular weight excluding hydrogens is 405 g/mol. The molecule has 1 amide bonds. The molecule has 0 saturated carbocycles. The first-order valence-corrected chi connectivity index (χ1v) is 9.57. The molecule has 2 saturated heterocycles. The number of fused-ring (bicyclic) bond motifs is 1. The van der Waals surface area contributed by atoms with Crippen LogP contribution in [0.4, 0.5) is 13.2 Å². The Morgan fingerprint density at radius 2 is 1.97 bits per heavy atom. The van der Waals surface area contributed by atoms with Gasteiger partial charge in [0.15, 0.2) is 5.76 Å². The van der Waals surface area contributed by atoms with Crippen LogP contribution in [0.1, 0.15) is 34.9 Å². The first-order valence-electron chi connectivity index (χ1n) is 9.57. The fraction of sp³-hybridized carbons (Fsp3) is 0.500. The molecule has 0 aromatic carbocycles. The van der Waals surface area contributed by atoms with Crippen molar-refractivity contribution in [2.24, 2.45) is 5.92 Å². The van der Waals surface area contributed by atoms with E-state index in [1.807, 2.05) is 17.9 Å². The van der Waals surface area contributed by atoms with Crippen molar-refractivity contribution in [3.8, 4) is 0 Å². The highest BCUT2D eigenvalue weighted by Crippen LogP contribution is 2.32. The molecule has 164 valence electrons. The smallest absolute Gasteiger partial charge is 0.475 e. The second-order valence-electron chi connectivity index (χ2n) is 7.44. The maximum Gasteiger partial charge on any atom is 0.490 e. The lowest BCUT2D eigenvalue weighted by Gasteiger charge is -2.36. The molecule has 4 heterocycles. The van der Waals surface area contributed by atoms with E-state index < -0.39 is 12.1 Å². The van der Waals surface area contributed by atoms with Gasteiger partial charge >= 0.3 is 12.1 Å². The molecule has 7 nitrogen and oxygen atoms in total. The van der Waals surface area contributed by atoms with Crippen molar-refractivity contribution in [3.05, 3.63) is 47.8 Å². The molecule has 2 fully saturated rings. The summed E-state index contributed by atoms with van der Waals surface area (Å²) in [7, 11) is 0. The average Bonchev–Trinajstić information content (AvgIpc) is 3.42. The third-order valence-electron chi connectivity index (χ3n) is 5.31. The van der Waals surface area contributed by atoms with Crippen molar-refractivity contribution in [2.45, 2.75) is 38.5 Å². The maximum atomic E-state index is 12.5. The van der Waals surface area contributed by atoms with E-state index in [1.165, 1.54) is 12.8 Å². The maximum absolute atomic E-state index is 12.5. The number of rotatable bonds is 3. The fourth-order valence-corrected chi connectivity index (χ4v) is 3.96. The third-order valence-corrected chi connectivity index (χ3v) is 5.31. The quantitative estimate of drug-likeness (QED) is 0.805. The fourth-order valence-electron chi connectivity index (χ4n) is 3.96. The van der Waals surface area contributed by atoms with Crippen LogP contribution in [0.5, 0.6) is 0 Å². The number of alkyl halides is 3. The molecular formula is C20H23F3N2O5. The Balaban J connectivity index is 0.000000318. The number of amides is 1. The molecule has 2 aromatic rings. The molecule has 2 atom stereocenters. The van der Waals surface area contributed by atoms with Crippen LogP contribution >= 0.6 is 0 Å². The molecule has 1 N–H and O–H groups in total. The molecule has 2 aliphatic rings. The second kappa shape index (κ2) is 8.95. The molecule has 0 aliphatic carbocycles. The molecule has 0 unspecified atom stereocenters. The monoisotopic (exact) mass is 428 g/mol. The van der Waals surface area contributed by atoms with Gasteiger partial charge in [0.2, 0.25) is 0 Å². The molecule has 10 heteroatoms. The minimum atomic E-state index is -5.08. The van der Waals surface area contributed by atoms with Crippen LogP contribution in [0, 0.1) is 12.8 Å². The van der Waals surface area contributed by atoms with Crippen LogP contribution in [-0.4, -0.2) is 58.6 Å². The highest BCUT2D eigenvalue weighted by Gasteiger charge is 2.41. The number of halogens is 3. The number of aryl methyl sites for hydroxylation is 1. The Bertz CT molecular complexity index is 862. The Morgan fingerprint density at radius 3 is 2.53 bits per heavy atom. The number of furan rings is 2. The first kappa shape index (κ1) is 21.9. The van der Waals surface area contributed by atoms with Gasteiger partial charge in [0.1, 0.15) is 11.5 Å². The first-order chi connectivity index (χ1) is 14.1. The zero-order valence-corrected chi connectivity index (χ0v) is 16.4. The van der Waals surface area contributed by atoms with E-state index >= 15 is 0 Å². The second-order valence-corrected chi connectivity index (χ2v) is 7.44. The van der Waals surface area contributed by atoms with E-state index in [-0.39, 0.29) is 5.91 Å². The highest BCUT2D eigenvalue weighted by molar-refractivity contribution is 5.91. The van der Waals surface area contributed by atoms with Crippen molar-refractivity contribution in [3.63, 3.8) is 0 Å². The zero-order valence-electron chi connectivity index (χ0n) is 16.4. The zero-order chi connectivity index (χ0) is 21.9. The average molecular weight is 428 g/mol.